The zero-order chi connectivity index (χ0) is 21.0. The molecule has 0 N–H and O–H groups in total. The predicted octanol–water partition coefficient (Wildman–Crippen LogP) is 7.56. The number of ether oxygens (including phenoxy) is 2. The predicted molar refractivity (Wildman–Crippen MR) is 112 cm³/mol. The van der Waals surface area contributed by atoms with Crippen LogP contribution in [0.15, 0.2) is 60.7 Å². The molecule has 0 bridgehead atoms. The number of rotatable bonds is 7. The molecule has 0 atom stereocenters. The van der Waals surface area contributed by atoms with Crippen molar-refractivity contribution in [2.24, 2.45) is 0 Å². The monoisotopic (exact) mass is 436 g/mol. The van der Waals surface area contributed by atoms with Gasteiger partial charge in [-0.2, -0.15) is 0 Å². The summed E-state index contributed by atoms with van der Waals surface area (Å²) in [5.74, 6) is -0.482. The summed E-state index contributed by atoms with van der Waals surface area (Å²) in [6.45, 7) is 4.79. The lowest BCUT2D eigenvalue weighted by molar-refractivity contribution is 0.0823. The minimum Gasteiger partial charge on any atom is -0.454 e. The van der Waals surface area contributed by atoms with E-state index in [1.807, 2.05) is 26.0 Å². The van der Waals surface area contributed by atoms with Gasteiger partial charge in [-0.05, 0) is 59.7 Å². The third kappa shape index (κ3) is 5.69. The Bertz CT molecular complexity index is 989. The Hall–Kier alpha value is -2.14. The van der Waals surface area contributed by atoms with E-state index in [9.17, 15) is 8.78 Å². The minimum atomic E-state index is -0.505. The molecule has 3 rings (SSSR count). The lowest BCUT2D eigenvalue weighted by atomic mass is 9.85. The summed E-state index contributed by atoms with van der Waals surface area (Å²) in [4.78, 5) is 0. The van der Waals surface area contributed by atoms with Gasteiger partial charge < -0.3 is 9.47 Å². The normalized spacial score (nSPS) is 11.5. The Morgan fingerprint density at radius 3 is 2.28 bits per heavy atom. The fourth-order valence-electron chi connectivity index (χ4n) is 2.77. The van der Waals surface area contributed by atoms with Crippen LogP contribution in [0, 0.1) is 11.6 Å². The number of benzene rings is 3. The second-order valence-corrected chi connectivity index (χ2v) is 8.14. The first-order valence-electron chi connectivity index (χ1n) is 9.00. The van der Waals surface area contributed by atoms with Crippen LogP contribution in [0.2, 0.25) is 10.0 Å². The maximum atomic E-state index is 14.1. The average molecular weight is 437 g/mol. The quantitative estimate of drug-likeness (QED) is 0.380. The molecule has 0 amide bonds. The minimum absolute atomic E-state index is 0.0569. The molecule has 0 radical (unpaired) electrons. The summed E-state index contributed by atoms with van der Waals surface area (Å²) < 4.78 is 38.5. The van der Waals surface area contributed by atoms with Gasteiger partial charge in [0.25, 0.3) is 0 Å². The fraction of sp³-hybridized carbons (Fsp3) is 0.217. The van der Waals surface area contributed by atoms with Crippen molar-refractivity contribution >= 4 is 23.2 Å². The van der Waals surface area contributed by atoms with Crippen molar-refractivity contribution in [3.63, 3.8) is 0 Å². The van der Waals surface area contributed by atoms with Gasteiger partial charge in [0.2, 0.25) is 0 Å². The smallest absolute Gasteiger partial charge is 0.165 e. The first kappa shape index (κ1) is 21.6. The first-order valence-corrected chi connectivity index (χ1v) is 9.75. The third-order valence-electron chi connectivity index (χ3n) is 4.47. The van der Waals surface area contributed by atoms with Crippen LogP contribution in [-0.2, 0) is 16.8 Å². The molecule has 0 unspecified atom stereocenters. The highest BCUT2D eigenvalue weighted by molar-refractivity contribution is 6.42. The molecule has 0 aliphatic heterocycles. The van der Waals surface area contributed by atoms with E-state index in [1.54, 1.807) is 18.2 Å². The zero-order valence-corrected chi connectivity index (χ0v) is 17.5. The standard InChI is InChI=1S/C23H20Cl2F2O2/c1-23(2,16-4-9-19(24)20(25)12-16)14-28-13-15-3-10-21(27)22(11-15)29-18-7-5-17(26)6-8-18/h3-12H,13-14H2,1-2H3. The Balaban J connectivity index is 1.64. The topological polar surface area (TPSA) is 18.5 Å². The Labute approximate surface area is 179 Å². The van der Waals surface area contributed by atoms with Crippen LogP contribution in [0.5, 0.6) is 11.5 Å². The molecule has 0 aromatic heterocycles. The first-order chi connectivity index (χ1) is 13.7. The van der Waals surface area contributed by atoms with E-state index in [-0.39, 0.29) is 23.6 Å². The lowest BCUT2D eigenvalue weighted by Gasteiger charge is -2.25. The zero-order valence-electron chi connectivity index (χ0n) is 16.0. The third-order valence-corrected chi connectivity index (χ3v) is 5.21. The second-order valence-electron chi connectivity index (χ2n) is 7.33. The maximum Gasteiger partial charge on any atom is 0.165 e. The molecule has 3 aromatic rings. The van der Waals surface area contributed by atoms with Gasteiger partial charge in [0.05, 0.1) is 23.3 Å². The van der Waals surface area contributed by atoms with Gasteiger partial charge in [-0.3, -0.25) is 0 Å². The highest BCUT2D eigenvalue weighted by atomic mass is 35.5. The molecule has 29 heavy (non-hydrogen) atoms. The van der Waals surface area contributed by atoms with Crippen LogP contribution >= 0.6 is 23.2 Å². The summed E-state index contributed by atoms with van der Waals surface area (Å²) >= 11 is 12.1. The van der Waals surface area contributed by atoms with Crippen LogP contribution in [0.1, 0.15) is 25.0 Å². The van der Waals surface area contributed by atoms with Gasteiger partial charge in [0.1, 0.15) is 11.6 Å². The molecule has 6 heteroatoms. The lowest BCUT2D eigenvalue weighted by Crippen LogP contribution is -2.24. The van der Waals surface area contributed by atoms with Crippen LogP contribution < -0.4 is 4.74 Å². The Kier molecular flexibility index (Phi) is 6.78. The molecule has 0 saturated heterocycles. The summed E-state index contributed by atoms with van der Waals surface area (Å²) in [6.07, 6.45) is 0. The molecule has 0 saturated carbocycles. The van der Waals surface area contributed by atoms with Crippen molar-refractivity contribution in [2.45, 2.75) is 25.9 Å². The van der Waals surface area contributed by atoms with Gasteiger partial charge in [-0.25, -0.2) is 8.78 Å². The van der Waals surface area contributed by atoms with E-state index in [4.69, 9.17) is 32.7 Å². The van der Waals surface area contributed by atoms with Crippen LogP contribution in [0.25, 0.3) is 0 Å². The molecule has 0 aliphatic carbocycles. The van der Waals surface area contributed by atoms with Crippen LogP contribution in [0.4, 0.5) is 8.78 Å². The number of hydrogen-bond donors (Lipinski definition) is 0. The van der Waals surface area contributed by atoms with E-state index < -0.39 is 5.82 Å². The summed E-state index contributed by atoms with van der Waals surface area (Å²) in [5.41, 5.74) is 1.47. The molecule has 3 aromatic carbocycles. The Morgan fingerprint density at radius 2 is 1.59 bits per heavy atom. The SMILES string of the molecule is CC(C)(COCc1ccc(F)c(Oc2ccc(F)cc2)c1)c1ccc(Cl)c(Cl)c1. The van der Waals surface area contributed by atoms with Gasteiger partial charge in [-0.1, -0.05) is 49.2 Å². The molecular formula is C23H20Cl2F2O2. The fourth-order valence-corrected chi connectivity index (χ4v) is 3.07. The van der Waals surface area contributed by atoms with Gasteiger partial charge in [0, 0.05) is 5.41 Å². The van der Waals surface area contributed by atoms with Crippen molar-refractivity contribution in [1.82, 2.24) is 0 Å². The molecule has 2 nitrogen and oxygen atoms in total. The van der Waals surface area contributed by atoms with E-state index in [0.29, 0.717) is 22.4 Å². The molecule has 0 aliphatic rings. The summed E-state index contributed by atoms with van der Waals surface area (Å²) in [5, 5.41) is 1.01. The summed E-state index contributed by atoms with van der Waals surface area (Å²) in [7, 11) is 0. The van der Waals surface area contributed by atoms with Gasteiger partial charge in [0.15, 0.2) is 11.6 Å². The van der Waals surface area contributed by atoms with Gasteiger partial charge >= 0.3 is 0 Å². The second kappa shape index (κ2) is 9.12. The molecule has 0 spiro atoms. The maximum absolute atomic E-state index is 14.1. The highest BCUT2D eigenvalue weighted by Gasteiger charge is 2.22. The molecule has 152 valence electrons. The Morgan fingerprint density at radius 1 is 0.862 bits per heavy atom. The van der Waals surface area contributed by atoms with Crippen LogP contribution in [0.3, 0.4) is 0 Å². The van der Waals surface area contributed by atoms with Crippen molar-refractivity contribution in [2.75, 3.05) is 6.61 Å². The highest BCUT2D eigenvalue weighted by Crippen LogP contribution is 2.31. The van der Waals surface area contributed by atoms with Crippen molar-refractivity contribution in [1.29, 1.82) is 0 Å². The number of hydrogen-bond acceptors (Lipinski definition) is 2. The van der Waals surface area contributed by atoms with E-state index in [2.05, 4.69) is 0 Å². The van der Waals surface area contributed by atoms with Crippen molar-refractivity contribution in [3.8, 4) is 11.5 Å². The average Bonchev–Trinajstić information content (AvgIpc) is 2.68. The number of halogens is 4. The van der Waals surface area contributed by atoms with Crippen molar-refractivity contribution in [3.05, 3.63) is 93.5 Å². The molecule has 0 heterocycles. The largest absolute Gasteiger partial charge is 0.454 e. The van der Waals surface area contributed by atoms with Crippen LogP contribution in [-0.4, -0.2) is 6.61 Å². The van der Waals surface area contributed by atoms with Crippen molar-refractivity contribution < 1.29 is 18.3 Å². The summed E-state index contributed by atoms with van der Waals surface area (Å²) in [6, 6.07) is 15.4. The van der Waals surface area contributed by atoms with E-state index >= 15 is 0 Å². The van der Waals surface area contributed by atoms with E-state index in [0.717, 1.165) is 11.1 Å². The van der Waals surface area contributed by atoms with E-state index in [1.165, 1.54) is 30.3 Å². The molecule has 0 fully saturated rings. The molecular weight excluding hydrogens is 417 g/mol. The van der Waals surface area contributed by atoms with Gasteiger partial charge in [-0.15, -0.1) is 0 Å².